The second kappa shape index (κ2) is 6.73. The minimum absolute atomic E-state index is 0.218. The molecule has 0 saturated heterocycles. The van der Waals surface area contributed by atoms with E-state index < -0.39 is 0 Å². The number of benzene rings is 2. The van der Waals surface area contributed by atoms with Crippen LogP contribution in [-0.4, -0.2) is 22.4 Å². The number of carbonyl (C=O) groups excluding carboxylic acids is 1. The summed E-state index contributed by atoms with van der Waals surface area (Å²) in [4.78, 5) is 23.1. The van der Waals surface area contributed by atoms with Crippen LogP contribution in [-0.2, 0) is 13.0 Å². The molecule has 0 saturated carbocycles. The lowest BCUT2D eigenvalue weighted by Crippen LogP contribution is -2.24. The summed E-state index contributed by atoms with van der Waals surface area (Å²) >= 11 is 0. The van der Waals surface area contributed by atoms with Gasteiger partial charge in [0.25, 0.3) is 5.91 Å². The molecule has 1 aliphatic heterocycles. The van der Waals surface area contributed by atoms with E-state index in [9.17, 15) is 4.79 Å². The zero-order valence-electron chi connectivity index (χ0n) is 13.7. The molecule has 0 bridgehead atoms. The van der Waals surface area contributed by atoms with Crippen LogP contribution in [0.3, 0.4) is 0 Å². The molecule has 0 spiro atoms. The van der Waals surface area contributed by atoms with Gasteiger partial charge in [0.15, 0.2) is 5.82 Å². The lowest BCUT2D eigenvalue weighted by molar-refractivity contribution is 0.0945. The lowest BCUT2D eigenvalue weighted by Gasteiger charge is -2.17. The van der Waals surface area contributed by atoms with E-state index in [1.54, 1.807) is 6.20 Å². The van der Waals surface area contributed by atoms with E-state index in [0.29, 0.717) is 12.2 Å². The SMILES string of the molecule is O=C(NCc1ccccc1)c1cnc(N2CCc3ccccc32)cn1. The smallest absolute Gasteiger partial charge is 0.271 e. The van der Waals surface area contributed by atoms with Crippen molar-refractivity contribution in [2.45, 2.75) is 13.0 Å². The van der Waals surface area contributed by atoms with Gasteiger partial charge in [-0.25, -0.2) is 9.97 Å². The summed E-state index contributed by atoms with van der Waals surface area (Å²) in [6.07, 6.45) is 4.20. The number of hydrogen-bond donors (Lipinski definition) is 1. The van der Waals surface area contributed by atoms with Gasteiger partial charge in [0.05, 0.1) is 12.4 Å². The Morgan fingerprint density at radius 1 is 1.00 bits per heavy atom. The summed E-state index contributed by atoms with van der Waals surface area (Å²) in [7, 11) is 0. The predicted molar refractivity (Wildman–Crippen MR) is 96.8 cm³/mol. The van der Waals surface area contributed by atoms with Crippen LogP contribution in [0.5, 0.6) is 0 Å². The number of hydrogen-bond acceptors (Lipinski definition) is 4. The van der Waals surface area contributed by atoms with Crippen molar-refractivity contribution in [3.63, 3.8) is 0 Å². The molecule has 1 aliphatic rings. The standard InChI is InChI=1S/C20H18N4O/c25-20(23-12-15-6-2-1-3-7-15)17-13-22-19(14-21-17)24-11-10-16-8-4-5-9-18(16)24/h1-9,13-14H,10-12H2,(H,23,25). The number of carbonyl (C=O) groups is 1. The molecule has 1 amide bonds. The highest BCUT2D eigenvalue weighted by Gasteiger charge is 2.21. The normalized spacial score (nSPS) is 12.7. The summed E-state index contributed by atoms with van der Waals surface area (Å²) in [6.45, 7) is 1.36. The second-order valence-electron chi connectivity index (χ2n) is 5.96. The molecular formula is C20H18N4O. The van der Waals surface area contributed by atoms with Gasteiger partial charge in [-0.05, 0) is 23.6 Å². The third-order valence-electron chi connectivity index (χ3n) is 4.33. The lowest BCUT2D eigenvalue weighted by atomic mass is 10.2. The van der Waals surface area contributed by atoms with Crippen LogP contribution in [0, 0.1) is 0 Å². The molecule has 2 heterocycles. The number of nitrogens with one attached hydrogen (secondary N) is 1. The molecule has 2 aromatic carbocycles. The molecule has 1 aromatic heterocycles. The molecule has 0 fully saturated rings. The predicted octanol–water partition coefficient (Wildman–Crippen LogP) is 3.10. The van der Waals surface area contributed by atoms with Crippen LogP contribution in [0.25, 0.3) is 0 Å². The molecule has 0 atom stereocenters. The van der Waals surface area contributed by atoms with Gasteiger partial charge in [0, 0.05) is 18.8 Å². The summed E-state index contributed by atoms with van der Waals surface area (Å²) < 4.78 is 0. The van der Waals surface area contributed by atoms with Crippen molar-refractivity contribution in [1.29, 1.82) is 0 Å². The Labute approximate surface area is 146 Å². The van der Waals surface area contributed by atoms with E-state index in [-0.39, 0.29) is 5.91 Å². The van der Waals surface area contributed by atoms with Gasteiger partial charge in [-0.15, -0.1) is 0 Å². The zero-order valence-corrected chi connectivity index (χ0v) is 13.7. The fourth-order valence-corrected chi connectivity index (χ4v) is 3.02. The third-order valence-corrected chi connectivity index (χ3v) is 4.33. The van der Waals surface area contributed by atoms with E-state index in [1.807, 2.05) is 42.5 Å². The van der Waals surface area contributed by atoms with Gasteiger partial charge < -0.3 is 10.2 Å². The van der Waals surface area contributed by atoms with Crippen LogP contribution in [0.1, 0.15) is 21.6 Å². The number of aromatic nitrogens is 2. The topological polar surface area (TPSA) is 58.1 Å². The monoisotopic (exact) mass is 330 g/mol. The number of rotatable bonds is 4. The molecule has 0 radical (unpaired) electrons. The molecule has 5 heteroatoms. The molecule has 5 nitrogen and oxygen atoms in total. The Hall–Kier alpha value is -3.21. The van der Waals surface area contributed by atoms with Crippen LogP contribution in [0.2, 0.25) is 0 Å². The van der Waals surface area contributed by atoms with E-state index in [2.05, 4.69) is 32.3 Å². The Morgan fingerprint density at radius 3 is 2.60 bits per heavy atom. The van der Waals surface area contributed by atoms with Gasteiger partial charge in [0.1, 0.15) is 5.69 Å². The molecule has 124 valence electrons. The van der Waals surface area contributed by atoms with Crippen LogP contribution in [0.15, 0.2) is 67.0 Å². The summed E-state index contributed by atoms with van der Waals surface area (Å²) in [5.41, 5.74) is 3.85. The van der Waals surface area contributed by atoms with Crippen molar-refractivity contribution in [3.05, 3.63) is 83.8 Å². The summed E-state index contributed by atoms with van der Waals surface area (Å²) in [5.74, 6) is 0.550. The minimum atomic E-state index is -0.218. The molecule has 1 N–H and O–H groups in total. The average molecular weight is 330 g/mol. The Kier molecular flexibility index (Phi) is 4.12. The largest absolute Gasteiger partial charge is 0.347 e. The summed E-state index contributed by atoms with van der Waals surface area (Å²) in [5, 5.41) is 2.86. The molecule has 25 heavy (non-hydrogen) atoms. The van der Waals surface area contributed by atoms with Crippen LogP contribution < -0.4 is 10.2 Å². The molecule has 0 aliphatic carbocycles. The highest BCUT2D eigenvalue weighted by molar-refractivity contribution is 5.92. The maximum atomic E-state index is 12.2. The first-order valence-corrected chi connectivity index (χ1v) is 8.31. The minimum Gasteiger partial charge on any atom is -0.347 e. The van der Waals surface area contributed by atoms with Crippen molar-refractivity contribution in [2.24, 2.45) is 0 Å². The fraction of sp³-hybridized carbons (Fsp3) is 0.150. The van der Waals surface area contributed by atoms with E-state index in [1.165, 1.54) is 11.8 Å². The van der Waals surface area contributed by atoms with Crippen molar-refractivity contribution in [2.75, 3.05) is 11.4 Å². The van der Waals surface area contributed by atoms with Gasteiger partial charge in [0.2, 0.25) is 0 Å². The summed E-state index contributed by atoms with van der Waals surface area (Å²) in [6, 6.07) is 18.1. The first kappa shape index (κ1) is 15.3. The van der Waals surface area contributed by atoms with Crippen LogP contribution >= 0.6 is 0 Å². The maximum Gasteiger partial charge on any atom is 0.271 e. The van der Waals surface area contributed by atoms with Gasteiger partial charge >= 0.3 is 0 Å². The van der Waals surface area contributed by atoms with Crippen molar-refractivity contribution in [1.82, 2.24) is 15.3 Å². The number of amides is 1. The van der Waals surface area contributed by atoms with Gasteiger partial charge in [-0.3, -0.25) is 4.79 Å². The number of nitrogens with zero attached hydrogens (tertiary/aromatic N) is 3. The quantitative estimate of drug-likeness (QED) is 0.798. The molecule has 4 rings (SSSR count). The van der Waals surface area contributed by atoms with E-state index in [0.717, 1.165) is 30.0 Å². The second-order valence-corrected chi connectivity index (χ2v) is 5.96. The van der Waals surface area contributed by atoms with Crippen molar-refractivity contribution >= 4 is 17.4 Å². The maximum absolute atomic E-state index is 12.2. The van der Waals surface area contributed by atoms with Crippen molar-refractivity contribution in [3.8, 4) is 0 Å². The third kappa shape index (κ3) is 3.21. The van der Waals surface area contributed by atoms with Gasteiger partial charge in [-0.2, -0.15) is 0 Å². The van der Waals surface area contributed by atoms with E-state index in [4.69, 9.17) is 0 Å². The first-order valence-electron chi connectivity index (χ1n) is 8.31. The zero-order chi connectivity index (χ0) is 17.1. The van der Waals surface area contributed by atoms with Crippen molar-refractivity contribution < 1.29 is 4.79 Å². The molecule has 3 aromatic rings. The first-order chi connectivity index (χ1) is 12.3. The highest BCUT2D eigenvalue weighted by atomic mass is 16.1. The Morgan fingerprint density at radius 2 is 1.80 bits per heavy atom. The van der Waals surface area contributed by atoms with Crippen LogP contribution in [0.4, 0.5) is 11.5 Å². The molecular weight excluding hydrogens is 312 g/mol. The number of anilines is 2. The van der Waals surface area contributed by atoms with Gasteiger partial charge in [-0.1, -0.05) is 48.5 Å². The molecule has 0 unspecified atom stereocenters. The average Bonchev–Trinajstić information content (AvgIpc) is 3.11. The highest BCUT2D eigenvalue weighted by Crippen LogP contribution is 2.32. The fourth-order valence-electron chi connectivity index (χ4n) is 3.02. The Bertz CT molecular complexity index is 878. The van der Waals surface area contributed by atoms with E-state index >= 15 is 0 Å². The number of para-hydroxylation sites is 1. The number of fused-ring (bicyclic) bond motifs is 1. The Balaban J connectivity index is 1.45.